The number of rotatable bonds is 4. The van der Waals surface area contributed by atoms with Crippen LogP contribution in [0.1, 0.15) is 35.7 Å². The fourth-order valence-electron chi connectivity index (χ4n) is 2.22. The van der Waals surface area contributed by atoms with Gasteiger partial charge in [-0.3, -0.25) is 14.9 Å². The number of nitro benzene ring substituents is 1. The molecule has 0 bridgehead atoms. The number of hydrogen-bond acceptors (Lipinski definition) is 3. The standard InChI is InChI=1S/C14H18N2O3/c1-9-4-5-12(8-13(9)16(18)19)14(17)15(3)10(2)11-6-7-11/h4-5,8,10-11H,6-7H2,1-3H3. The van der Waals surface area contributed by atoms with Crippen LogP contribution in [-0.4, -0.2) is 28.8 Å². The molecule has 1 aliphatic rings. The monoisotopic (exact) mass is 262 g/mol. The molecule has 0 heterocycles. The maximum absolute atomic E-state index is 12.3. The first-order valence-corrected chi connectivity index (χ1v) is 6.44. The van der Waals surface area contributed by atoms with Crippen molar-refractivity contribution >= 4 is 11.6 Å². The molecule has 1 aromatic rings. The van der Waals surface area contributed by atoms with Gasteiger partial charge in [-0.05, 0) is 38.7 Å². The minimum absolute atomic E-state index is 0.00155. The Labute approximate surface area is 112 Å². The van der Waals surface area contributed by atoms with Gasteiger partial charge in [0, 0.05) is 30.3 Å². The highest BCUT2D eigenvalue weighted by Gasteiger charge is 2.33. The van der Waals surface area contributed by atoms with Gasteiger partial charge in [-0.1, -0.05) is 6.07 Å². The van der Waals surface area contributed by atoms with E-state index >= 15 is 0 Å². The lowest BCUT2D eigenvalue weighted by Gasteiger charge is -2.24. The minimum atomic E-state index is -0.448. The zero-order valence-electron chi connectivity index (χ0n) is 11.4. The Morgan fingerprint density at radius 2 is 2.11 bits per heavy atom. The molecule has 1 amide bonds. The molecule has 1 atom stereocenters. The van der Waals surface area contributed by atoms with E-state index in [1.807, 2.05) is 6.92 Å². The summed E-state index contributed by atoms with van der Waals surface area (Å²) in [6.07, 6.45) is 2.32. The number of aryl methyl sites for hydroxylation is 1. The van der Waals surface area contributed by atoms with Crippen molar-refractivity contribution in [2.45, 2.75) is 32.7 Å². The van der Waals surface area contributed by atoms with E-state index in [0.717, 1.165) is 12.8 Å². The van der Waals surface area contributed by atoms with Crippen molar-refractivity contribution in [2.24, 2.45) is 5.92 Å². The third kappa shape index (κ3) is 2.75. The topological polar surface area (TPSA) is 63.5 Å². The van der Waals surface area contributed by atoms with Crippen LogP contribution >= 0.6 is 0 Å². The van der Waals surface area contributed by atoms with Crippen molar-refractivity contribution in [3.8, 4) is 0 Å². The molecular weight excluding hydrogens is 244 g/mol. The lowest BCUT2D eigenvalue weighted by atomic mass is 10.1. The molecule has 0 radical (unpaired) electrons. The van der Waals surface area contributed by atoms with Crippen molar-refractivity contribution in [1.82, 2.24) is 4.90 Å². The van der Waals surface area contributed by atoms with Gasteiger partial charge in [-0.25, -0.2) is 0 Å². The third-order valence-electron chi connectivity index (χ3n) is 3.89. The quantitative estimate of drug-likeness (QED) is 0.619. The second-order valence-corrected chi connectivity index (χ2v) is 5.25. The molecule has 0 saturated heterocycles. The first-order chi connectivity index (χ1) is 8.91. The number of nitro groups is 1. The average Bonchev–Trinajstić information content (AvgIpc) is 3.20. The van der Waals surface area contributed by atoms with Crippen LogP contribution in [0.5, 0.6) is 0 Å². The summed E-state index contributed by atoms with van der Waals surface area (Å²) < 4.78 is 0. The van der Waals surface area contributed by atoms with Crippen LogP contribution in [-0.2, 0) is 0 Å². The fourth-order valence-corrected chi connectivity index (χ4v) is 2.22. The molecule has 0 N–H and O–H groups in total. The Morgan fingerprint density at radius 1 is 1.47 bits per heavy atom. The van der Waals surface area contributed by atoms with E-state index < -0.39 is 4.92 Å². The highest BCUT2D eigenvalue weighted by atomic mass is 16.6. The Hall–Kier alpha value is -1.91. The van der Waals surface area contributed by atoms with E-state index in [4.69, 9.17) is 0 Å². The first-order valence-electron chi connectivity index (χ1n) is 6.44. The summed E-state index contributed by atoms with van der Waals surface area (Å²) in [5.41, 5.74) is 0.949. The van der Waals surface area contributed by atoms with Gasteiger partial charge in [0.2, 0.25) is 0 Å². The van der Waals surface area contributed by atoms with E-state index in [0.29, 0.717) is 17.0 Å². The van der Waals surface area contributed by atoms with E-state index in [-0.39, 0.29) is 17.6 Å². The fraction of sp³-hybridized carbons (Fsp3) is 0.500. The average molecular weight is 262 g/mol. The molecule has 5 heteroatoms. The van der Waals surface area contributed by atoms with Crippen molar-refractivity contribution < 1.29 is 9.72 Å². The summed E-state index contributed by atoms with van der Waals surface area (Å²) in [5, 5.41) is 10.9. The van der Waals surface area contributed by atoms with Gasteiger partial charge in [0.1, 0.15) is 0 Å². The van der Waals surface area contributed by atoms with E-state index in [9.17, 15) is 14.9 Å². The van der Waals surface area contributed by atoms with Gasteiger partial charge in [0.25, 0.3) is 11.6 Å². The molecule has 1 aromatic carbocycles. The van der Waals surface area contributed by atoms with Crippen LogP contribution in [0.15, 0.2) is 18.2 Å². The lowest BCUT2D eigenvalue weighted by Crippen LogP contribution is -2.36. The van der Waals surface area contributed by atoms with E-state index in [1.54, 1.807) is 31.0 Å². The molecule has 0 spiro atoms. The van der Waals surface area contributed by atoms with Gasteiger partial charge in [-0.15, -0.1) is 0 Å². The molecule has 0 aromatic heterocycles. The maximum Gasteiger partial charge on any atom is 0.273 e. The zero-order valence-corrected chi connectivity index (χ0v) is 11.4. The molecule has 0 aliphatic heterocycles. The van der Waals surface area contributed by atoms with Gasteiger partial charge >= 0.3 is 0 Å². The second-order valence-electron chi connectivity index (χ2n) is 5.25. The molecule has 1 unspecified atom stereocenters. The van der Waals surface area contributed by atoms with Gasteiger partial charge < -0.3 is 4.90 Å². The lowest BCUT2D eigenvalue weighted by molar-refractivity contribution is -0.385. The molecule has 1 fully saturated rings. The van der Waals surface area contributed by atoms with Gasteiger partial charge in [-0.2, -0.15) is 0 Å². The number of carbonyl (C=O) groups excluding carboxylic acids is 1. The van der Waals surface area contributed by atoms with Crippen LogP contribution in [0.4, 0.5) is 5.69 Å². The smallest absolute Gasteiger partial charge is 0.273 e. The summed E-state index contributed by atoms with van der Waals surface area (Å²) in [6.45, 7) is 3.70. The predicted molar refractivity (Wildman–Crippen MR) is 72.1 cm³/mol. The van der Waals surface area contributed by atoms with Crippen LogP contribution in [0, 0.1) is 23.0 Å². The van der Waals surface area contributed by atoms with Crippen molar-refractivity contribution in [3.63, 3.8) is 0 Å². The zero-order chi connectivity index (χ0) is 14.2. The Balaban J connectivity index is 2.23. The molecule has 102 valence electrons. The summed E-state index contributed by atoms with van der Waals surface area (Å²) in [5.74, 6) is 0.428. The number of hydrogen-bond donors (Lipinski definition) is 0. The highest BCUT2D eigenvalue weighted by Crippen LogP contribution is 2.35. The highest BCUT2D eigenvalue weighted by molar-refractivity contribution is 5.95. The largest absolute Gasteiger partial charge is 0.339 e. The summed E-state index contributed by atoms with van der Waals surface area (Å²) >= 11 is 0. The van der Waals surface area contributed by atoms with Crippen molar-refractivity contribution in [3.05, 3.63) is 39.4 Å². The Kier molecular flexibility index (Phi) is 3.55. The number of amides is 1. The third-order valence-corrected chi connectivity index (χ3v) is 3.89. The number of benzene rings is 1. The SMILES string of the molecule is Cc1ccc(C(=O)N(C)C(C)C2CC2)cc1[N+](=O)[O-]. The molecule has 19 heavy (non-hydrogen) atoms. The van der Waals surface area contributed by atoms with Crippen LogP contribution in [0.3, 0.4) is 0 Å². The molecule has 5 nitrogen and oxygen atoms in total. The molecular formula is C14H18N2O3. The normalized spacial score (nSPS) is 15.9. The number of carbonyl (C=O) groups is 1. The molecule has 1 aliphatic carbocycles. The van der Waals surface area contributed by atoms with E-state index in [1.165, 1.54) is 6.07 Å². The van der Waals surface area contributed by atoms with Crippen LogP contribution < -0.4 is 0 Å². The summed E-state index contributed by atoms with van der Waals surface area (Å²) in [4.78, 5) is 24.4. The number of nitrogens with zero attached hydrogens (tertiary/aromatic N) is 2. The van der Waals surface area contributed by atoms with Crippen molar-refractivity contribution in [2.75, 3.05) is 7.05 Å². The van der Waals surface area contributed by atoms with Crippen LogP contribution in [0.25, 0.3) is 0 Å². The van der Waals surface area contributed by atoms with Gasteiger partial charge in [0.05, 0.1) is 4.92 Å². The predicted octanol–water partition coefficient (Wildman–Crippen LogP) is 2.77. The second kappa shape index (κ2) is 4.99. The Morgan fingerprint density at radius 3 is 2.63 bits per heavy atom. The van der Waals surface area contributed by atoms with Crippen LogP contribution in [0.2, 0.25) is 0 Å². The van der Waals surface area contributed by atoms with Crippen molar-refractivity contribution in [1.29, 1.82) is 0 Å². The minimum Gasteiger partial charge on any atom is -0.339 e. The van der Waals surface area contributed by atoms with E-state index in [2.05, 4.69) is 0 Å². The molecule has 1 saturated carbocycles. The van der Waals surface area contributed by atoms with Gasteiger partial charge in [0.15, 0.2) is 0 Å². The summed E-state index contributed by atoms with van der Waals surface area (Å²) in [6, 6.07) is 4.84. The Bertz CT molecular complexity index is 523. The summed E-state index contributed by atoms with van der Waals surface area (Å²) in [7, 11) is 1.76. The first kappa shape index (κ1) is 13.5. The molecule has 2 rings (SSSR count). The maximum atomic E-state index is 12.3.